The van der Waals surface area contributed by atoms with Crippen molar-refractivity contribution in [3.63, 3.8) is 0 Å². The van der Waals surface area contributed by atoms with Gasteiger partial charge in [0.2, 0.25) is 0 Å². The van der Waals surface area contributed by atoms with Gasteiger partial charge in [-0.1, -0.05) is 6.07 Å². The number of hydrogen-bond donors (Lipinski definition) is 1. The lowest BCUT2D eigenvalue weighted by atomic mass is 10.1. The zero-order chi connectivity index (χ0) is 16.2. The number of nitrogens with one attached hydrogen (secondary N) is 1. The Labute approximate surface area is 141 Å². The molecule has 0 unspecified atom stereocenters. The van der Waals surface area contributed by atoms with Crippen molar-refractivity contribution in [1.82, 2.24) is 9.78 Å². The lowest BCUT2D eigenvalue weighted by Crippen LogP contribution is -2.12. The highest BCUT2D eigenvalue weighted by molar-refractivity contribution is 9.10. The third-order valence-corrected chi connectivity index (χ3v) is 3.60. The number of halogens is 1. The van der Waals surface area contributed by atoms with Crippen LogP contribution in [-0.2, 0) is 0 Å². The minimum atomic E-state index is -0.253. The summed E-state index contributed by atoms with van der Waals surface area (Å²) in [6.45, 7) is 0. The molecule has 3 rings (SSSR count). The van der Waals surface area contributed by atoms with Crippen LogP contribution in [0.25, 0.3) is 5.69 Å². The fraction of sp³-hybridized carbons (Fsp3) is 0. The summed E-state index contributed by atoms with van der Waals surface area (Å²) in [6.07, 6.45) is 3.55. The third kappa shape index (κ3) is 3.47. The molecule has 112 valence electrons. The molecule has 0 atom stereocenters. The molecule has 0 spiro atoms. The van der Waals surface area contributed by atoms with Crippen LogP contribution in [0.2, 0.25) is 0 Å². The van der Waals surface area contributed by atoms with Gasteiger partial charge < -0.3 is 5.32 Å². The fourth-order valence-electron chi connectivity index (χ4n) is 2.07. The van der Waals surface area contributed by atoms with E-state index in [1.807, 2.05) is 24.4 Å². The lowest BCUT2D eigenvalue weighted by Gasteiger charge is -2.07. The van der Waals surface area contributed by atoms with E-state index in [-0.39, 0.29) is 5.91 Å². The molecule has 1 heterocycles. The van der Waals surface area contributed by atoms with E-state index < -0.39 is 0 Å². The lowest BCUT2D eigenvalue weighted by molar-refractivity contribution is 0.102. The topological polar surface area (TPSA) is 70.7 Å². The average Bonchev–Trinajstić information content (AvgIpc) is 3.02. The maximum absolute atomic E-state index is 12.2. The third-order valence-electron chi connectivity index (χ3n) is 3.19. The summed E-state index contributed by atoms with van der Waals surface area (Å²) in [5.41, 5.74) is 2.47. The first-order valence-corrected chi connectivity index (χ1v) is 7.57. The molecule has 0 aliphatic heterocycles. The van der Waals surface area contributed by atoms with Gasteiger partial charge in [-0.15, -0.1) is 0 Å². The van der Waals surface area contributed by atoms with Gasteiger partial charge in [0.1, 0.15) is 0 Å². The zero-order valence-corrected chi connectivity index (χ0v) is 13.5. The normalized spacial score (nSPS) is 10.1. The number of benzene rings is 2. The van der Waals surface area contributed by atoms with Crippen molar-refractivity contribution in [2.75, 3.05) is 5.32 Å². The molecule has 1 aromatic heterocycles. The van der Waals surface area contributed by atoms with Crippen LogP contribution in [0.5, 0.6) is 0 Å². The summed E-state index contributed by atoms with van der Waals surface area (Å²) >= 11 is 3.35. The van der Waals surface area contributed by atoms with Crippen LogP contribution in [0.4, 0.5) is 5.69 Å². The first kappa shape index (κ1) is 15.0. The highest BCUT2D eigenvalue weighted by Crippen LogP contribution is 2.16. The van der Waals surface area contributed by atoms with Crippen molar-refractivity contribution < 1.29 is 4.79 Å². The summed E-state index contributed by atoms with van der Waals surface area (Å²) in [5.74, 6) is -0.253. The molecule has 0 radical (unpaired) electrons. The molecule has 0 saturated heterocycles. The quantitative estimate of drug-likeness (QED) is 0.766. The van der Waals surface area contributed by atoms with E-state index in [2.05, 4.69) is 26.3 Å². The molecule has 5 nitrogen and oxygen atoms in total. The number of nitrogens with zero attached hydrogens (tertiary/aromatic N) is 3. The fourth-order valence-corrected chi connectivity index (χ4v) is 2.36. The molecule has 23 heavy (non-hydrogen) atoms. The molecule has 1 amide bonds. The second-order valence-corrected chi connectivity index (χ2v) is 5.71. The van der Waals surface area contributed by atoms with Crippen molar-refractivity contribution in [1.29, 1.82) is 5.26 Å². The molecule has 0 bridgehead atoms. The van der Waals surface area contributed by atoms with E-state index in [1.165, 1.54) is 0 Å². The highest BCUT2D eigenvalue weighted by atomic mass is 79.9. The van der Waals surface area contributed by atoms with E-state index in [0.717, 1.165) is 10.2 Å². The van der Waals surface area contributed by atoms with E-state index >= 15 is 0 Å². The number of carbonyl (C=O) groups excluding carboxylic acids is 1. The molecule has 3 aromatic rings. The average molecular weight is 367 g/mol. The highest BCUT2D eigenvalue weighted by Gasteiger charge is 2.07. The predicted octanol–water partition coefficient (Wildman–Crippen LogP) is 3.76. The second-order valence-electron chi connectivity index (χ2n) is 4.80. The first-order chi connectivity index (χ1) is 11.2. The zero-order valence-electron chi connectivity index (χ0n) is 11.9. The van der Waals surface area contributed by atoms with Crippen LogP contribution in [0.15, 0.2) is 65.4 Å². The van der Waals surface area contributed by atoms with Crippen LogP contribution < -0.4 is 5.32 Å². The van der Waals surface area contributed by atoms with Crippen LogP contribution in [-0.4, -0.2) is 15.7 Å². The van der Waals surface area contributed by atoms with E-state index in [1.54, 1.807) is 47.3 Å². The van der Waals surface area contributed by atoms with Crippen molar-refractivity contribution in [3.05, 3.63) is 76.5 Å². The van der Waals surface area contributed by atoms with Crippen LogP contribution in [0.3, 0.4) is 0 Å². The van der Waals surface area contributed by atoms with Gasteiger partial charge in [0.05, 0.1) is 28.0 Å². The molecule has 1 N–H and O–H groups in total. The van der Waals surface area contributed by atoms with Gasteiger partial charge in [-0.05, 0) is 58.4 Å². The number of anilines is 1. The van der Waals surface area contributed by atoms with E-state index in [4.69, 9.17) is 5.26 Å². The van der Waals surface area contributed by atoms with Gasteiger partial charge in [0.25, 0.3) is 5.91 Å². The minimum absolute atomic E-state index is 0.253. The molecule has 2 aromatic carbocycles. The largest absolute Gasteiger partial charge is 0.322 e. The summed E-state index contributed by atoms with van der Waals surface area (Å²) < 4.78 is 2.62. The molecule has 0 aliphatic rings. The Morgan fingerprint density at radius 3 is 2.65 bits per heavy atom. The van der Waals surface area contributed by atoms with Crippen LogP contribution in [0, 0.1) is 11.3 Å². The van der Waals surface area contributed by atoms with Crippen molar-refractivity contribution in [3.8, 4) is 11.8 Å². The van der Waals surface area contributed by atoms with Crippen molar-refractivity contribution >= 4 is 27.5 Å². The maximum Gasteiger partial charge on any atom is 0.255 e. The number of carbonyl (C=O) groups is 1. The summed E-state index contributed by atoms with van der Waals surface area (Å²) in [5, 5.41) is 15.9. The Kier molecular flexibility index (Phi) is 4.22. The van der Waals surface area contributed by atoms with Gasteiger partial charge in [-0.3, -0.25) is 4.79 Å². The second kappa shape index (κ2) is 6.46. The SMILES string of the molecule is N#Cc1cccc(C(=O)Nc2ccc(-n3cc(Br)cn3)cc2)c1. The minimum Gasteiger partial charge on any atom is -0.322 e. The van der Waals surface area contributed by atoms with Crippen LogP contribution in [0.1, 0.15) is 15.9 Å². The van der Waals surface area contributed by atoms with E-state index in [9.17, 15) is 4.79 Å². The van der Waals surface area contributed by atoms with Crippen LogP contribution >= 0.6 is 15.9 Å². The molecule has 0 fully saturated rings. The molecular weight excluding hydrogens is 356 g/mol. The number of hydrogen-bond acceptors (Lipinski definition) is 3. The number of amides is 1. The van der Waals surface area contributed by atoms with Crippen molar-refractivity contribution in [2.24, 2.45) is 0 Å². The smallest absolute Gasteiger partial charge is 0.255 e. The van der Waals surface area contributed by atoms with Crippen molar-refractivity contribution in [2.45, 2.75) is 0 Å². The predicted molar refractivity (Wildman–Crippen MR) is 90.4 cm³/mol. The number of nitriles is 1. The summed E-state index contributed by atoms with van der Waals surface area (Å²) in [6, 6.07) is 15.9. The van der Waals surface area contributed by atoms with Gasteiger partial charge in [0, 0.05) is 17.4 Å². The Bertz CT molecular complexity index is 893. The number of rotatable bonds is 3. The monoisotopic (exact) mass is 366 g/mol. The van der Waals surface area contributed by atoms with Gasteiger partial charge in [0.15, 0.2) is 0 Å². The summed E-state index contributed by atoms with van der Waals surface area (Å²) in [4.78, 5) is 12.2. The molecular formula is C17H11BrN4O. The number of aromatic nitrogens is 2. The Morgan fingerprint density at radius 1 is 1.22 bits per heavy atom. The Hall–Kier alpha value is -2.91. The maximum atomic E-state index is 12.2. The Morgan fingerprint density at radius 2 is 2.00 bits per heavy atom. The standard InChI is InChI=1S/C17H11BrN4O/c18-14-10-20-22(11-14)16-6-4-15(5-7-16)21-17(23)13-3-1-2-12(8-13)9-19/h1-8,10-11H,(H,21,23). The molecule has 0 aliphatic carbocycles. The first-order valence-electron chi connectivity index (χ1n) is 6.78. The Balaban J connectivity index is 1.75. The van der Waals surface area contributed by atoms with E-state index in [0.29, 0.717) is 16.8 Å². The molecule has 6 heteroatoms. The summed E-state index contributed by atoms with van der Waals surface area (Å²) in [7, 11) is 0. The molecule has 0 saturated carbocycles. The van der Waals surface area contributed by atoms with Gasteiger partial charge in [-0.25, -0.2) is 4.68 Å². The van der Waals surface area contributed by atoms with Gasteiger partial charge >= 0.3 is 0 Å². The van der Waals surface area contributed by atoms with Gasteiger partial charge in [-0.2, -0.15) is 10.4 Å².